The molecule has 80 valence electrons. The van der Waals surface area contributed by atoms with Crippen LogP contribution in [0.4, 0.5) is 4.39 Å². The van der Waals surface area contributed by atoms with Crippen LogP contribution in [0.1, 0.15) is 12.0 Å². The van der Waals surface area contributed by atoms with Crippen molar-refractivity contribution in [2.75, 3.05) is 13.6 Å². The maximum atomic E-state index is 12.9. The van der Waals surface area contributed by atoms with Gasteiger partial charge in [-0.25, -0.2) is 4.39 Å². The predicted octanol–water partition coefficient (Wildman–Crippen LogP) is 1.64. The van der Waals surface area contributed by atoms with Crippen molar-refractivity contribution in [3.8, 4) is 0 Å². The summed E-state index contributed by atoms with van der Waals surface area (Å²) >= 11 is 0. The van der Waals surface area contributed by atoms with Crippen molar-refractivity contribution in [2.24, 2.45) is 0 Å². The quantitative estimate of drug-likeness (QED) is 0.734. The van der Waals surface area contributed by atoms with Crippen LogP contribution >= 0.6 is 0 Å². The molecule has 0 aromatic heterocycles. The summed E-state index contributed by atoms with van der Waals surface area (Å²) in [5, 5.41) is 0. The van der Waals surface area contributed by atoms with Crippen LogP contribution in [0.3, 0.4) is 0 Å². The Hall–Kier alpha value is -1.22. The molecular formula is C12H14FNO. The van der Waals surface area contributed by atoms with Gasteiger partial charge in [-0.05, 0) is 31.2 Å². The molecule has 1 saturated heterocycles. The number of carbonyl (C=O) groups is 1. The van der Waals surface area contributed by atoms with Crippen molar-refractivity contribution in [2.45, 2.75) is 18.9 Å². The number of Topliss-reactive ketones (excluding diaryl/α,β-unsaturated/α-hetero) is 1. The first kappa shape index (κ1) is 10.3. The summed E-state index contributed by atoms with van der Waals surface area (Å²) in [6, 6.07) is 6.40. The molecule has 0 spiro atoms. The average Bonchev–Trinajstić information content (AvgIpc) is 2.50. The van der Waals surface area contributed by atoms with Gasteiger partial charge < -0.3 is 0 Å². The SMILES string of the molecule is CN1CCC(=O)C1Cc1cccc(F)c1. The lowest BCUT2D eigenvalue weighted by atomic mass is 10.0. The second-order valence-corrected chi connectivity index (χ2v) is 4.05. The largest absolute Gasteiger partial charge is 0.298 e. The summed E-state index contributed by atoms with van der Waals surface area (Å²) < 4.78 is 12.9. The van der Waals surface area contributed by atoms with E-state index in [0.717, 1.165) is 12.1 Å². The minimum Gasteiger partial charge on any atom is -0.298 e. The smallest absolute Gasteiger partial charge is 0.151 e. The number of rotatable bonds is 2. The Morgan fingerprint density at radius 1 is 1.53 bits per heavy atom. The Kier molecular flexibility index (Phi) is 2.82. The molecule has 0 radical (unpaired) electrons. The number of halogens is 1. The Balaban J connectivity index is 2.11. The highest BCUT2D eigenvalue weighted by molar-refractivity contribution is 5.86. The summed E-state index contributed by atoms with van der Waals surface area (Å²) in [7, 11) is 1.94. The fourth-order valence-electron chi connectivity index (χ4n) is 2.01. The van der Waals surface area contributed by atoms with Gasteiger partial charge in [0.1, 0.15) is 5.82 Å². The molecule has 3 heteroatoms. The molecular weight excluding hydrogens is 193 g/mol. The van der Waals surface area contributed by atoms with E-state index < -0.39 is 0 Å². The van der Waals surface area contributed by atoms with Gasteiger partial charge in [-0.15, -0.1) is 0 Å². The Morgan fingerprint density at radius 3 is 2.93 bits per heavy atom. The summed E-state index contributed by atoms with van der Waals surface area (Å²) in [4.78, 5) is 13.6. The monoisotopic (exact) mass is 207 g/mol. The average molecular weight is 207 g/mol. The first-order valence-corrected chi connectivity index (χ1v) is 5.14. The molecule has 0 aliphatic carbocycles. The van der Waals surface area contributed by atoms with Gasteiger partial charge in [0.05, 0.1) is 6.04 Å². The first-order chi connectivity index (χ1) is 7.16. The van der Waals surface area contributed by atoms with Crippen LogP contribution in [0.5, 0.6) is 0 Å². The van der Waals surface area contributed by atoms with Gasteiger partial charge in [0.2, 0.25) is 0 Å². The molecule has 1 aromatic rings. The molecule has 1 atom stereocenters. The summed E-state index contributed by atoms with van der Waals surface area (Å²) in [6.45, 7) is 0.818. The molecule has 0 amide bonds. The van der Waals surface area contributed by atoms with Gasteiger partial charge in [-0.2, -0.15) is 0 Å². The van der Waals surface area contributed by atoms with Gasteiger partial charge in [-0.1, -0.05) is 12.1 Å². The van der Waals surface area contributed by atoms with E-state index in [9.17, 15) is 9.18 Å². The van der Waals surface area contributed by atoms with E-state index in [1.807, 2.05) is 18.0 Å². The fourth-order valence-corrected chi connectivity index (χ4v) is 2.01. The van der Waals surface area contributed by atoms with E-state index >= 15 is 0 Å². The van der Waals surface area contributed by atoms with E-state index in [-0.39, 0.29) is 17.6 Å². The van der Waals surface area contributed by atoms with E-state index in [1.54, 1.807) is 6.07 Å². The number of carbonyl (C=O) groups excluding carboxylic acids is 1. The normalized spacial score (nSPS) is 22.3. The van der Waals surface area contributed by atoms with Crippen LogP contribution < -0.4 is 0 Å². The van der Waals surface area contributed by atoms with Gasteiger partial charge in [0, 0.05) is 13.0 Å². The van der Waals surface area contributed by atoms with Crippen molar-refractivity contribution in [3.05, 3.63) is 35.6 Å². The highest BCUT2D eigenvalue weighted by Gasteiger charge is 2.29. The standard InChI is InChI=1S/C12H14FNO/c1-14-6-5-12(15)11(14)8-9-3-2-4-10(13)7-9/h2-4,7,11H,5-6,8H2,1H3. The summed E-state index contributed by atoms with van der Waals surface area (Å²) in [6.07, 6.45) is 1.24. The lowest BCUT2D eigenvalue weighted by Crippen LogP contribution is -2.31. The lowest BCUT2D eigenvalue weighted by molar-refractivity contribution is -0.119. The minimum absolute atomic E-state index is 0.0631. The van der Waals surface area contributed by atoms with Gasteiger partial charge in [0.15, 0.2) is 5.78 Å². The highest BCUT2D eigenvalue weighted by atomic mass is 19.1. The minimum atomic E-state index is -0.236. The van der Waals surface area contributed by atoms with Gasteiger partial charge >= 0.3 is 0 Å². The molecule has 1 aliphatic heterocycles. The number of ketones is 1. The third kappa shape index (κ3) is 2.23. The Morgan fingerprint density at radius 2 is 2.33 bits per heavy atom. The second kappa shape index (κ2) is 4.11. The molecule has 0 bridgehead atoms. The zero-order valence-electron chi connectivity index (χ0n) is 8.74. The molecule has 0 saturated carbocycles. The molecule has 0 N–H and O–H groups in total. The number of likely N-dealkylation sites (tertiary alicyclic amines) is 1. The van der Waals surface area contributed by atoms with Crippen LogP contribution in [0.2, 0.25) is 0 Å². The Bertz CT molecular complexity index is 378. The van der Waals surface area contributed by atoms with E-state index in [1.165, 1.54) is 12.1 Å². The third-order valence-electron chi connectivity index (χ3n) is 2.93. The van der Waals surface area contributed by atoms with Crippen molar-refractivity contribution in [1.29, 1.82) is 0 Å². The van der Waals surface area contributed by atoms with Crippen LogP contribution in [0, 0.1) is 5.82 Å². The first-order valence-electron chi connectivity index (χ1n) is 5.14. The molecule has 15 heavy (non-hydrogen) atoms. The molecule has 2 rings (SSSR count). The number of nitrogens with zero attached hydrogens (tertiary/aromatic N) is 1. The van der Waals surface area contributed by atoms with Gasteiger partial charge in [-0.3, -0.25) is 9.69 Å². The van der Waals surface area contributed by atoms with Crippen LogP contribution in [0.15, 0.2) is 24.3 Å². The zero-order valence-corrected chi connectivity index (χ0v) is 8.74. The van der Waals surface area contributed by atoms with Crippen molar-refractivity contribution >= 4 is 5.78 Å². The van der Waals surface area contributed by atoms with Crippen molar-refractivity contribution in [3.63, 3.8) is 0 Å². The molecule has 1 heterocycles. The summed E-state index contributed by atoms with van der Waals surface area (Å²) in [5.41, 5.74) is 0.891. The van der Waals surface area contributed by atoms with Crippen molar-refractivity contribution < 1.29 is 9.18 Å². The van der Waals surface area contributed by atoms with Crippen LogP contribution in [-0.2, 0) is 11.2 Å². The topological polar surface area (TPSA) is 20.3 Å². The van der Waals surface area contributed by atoms with E-state index in [0.29, 0.717) is 12.8 Å². The molecule has 1 unspecified atom stereocenters. The van der Waals surface area contributed by atoms with Crippen LogP contribution in [0.25, 0.3) is 0 Å². The molecule has 1 fully saturated rings. The van der Waals surface area contributed by atoms with Crippen LogP contribution in [-0.4, -0.2) is 30.3 Å². The number of hydrogen-bond acceptors (Lipinski definition) is 2. The van der Waals surface area contributed by atoms with E-state index in [2.05, 4.69) is 0 Å². The number of hydrogen-bond donors (Lipinski definition) is 0. The second-order valence-electron chi connectivity index (χ2n) is 4.05. The molecule has 1 aromatic carbocycles. The number of benzene rings is 1. The molecule has 1 aliphatic rings. The zero-order chi connectivity index (χ0) is 10.8. The van der Waals surface area contributed by atoms with Gasteiger partial charge in [0.25, 0.3) is 0 Å². The van der Waals surface area contributed by atoms with E-state index in [4.69, 9.17) is 0 Å². The maximum absolute atomic E-state index is 12.9. The Labute approximate surface area is 88.7 Å². The van der Waals surface area contributed by atoms with Crippen molar-refractivity contribution in [1.82, 2.24) is 4.90 Å². The maximum Gasteiger partial charge on any atom is 0.151 e. The summed E-state index contributed by atoms with van der Waals surface area (Å²) in [5.74, 6) is 0.0300. The lowest BCUT2D eigenvalue weighted by Gasteiger charge is -2.17. The highest BCUT2D eigenvalue weighted by Crippen LogP contribution is 2.16. The predicted molar refractivity (Wildman–Crippen MR) is 56.1 cm³/mol. The number of likely N-dealkylation sites (N-methyl/N-ethyl adjacent to an activating group) is 1. The third-order valence-corrected chi connectivity index (χ3v) is 2.93. The molecule has 2 nitrogen and oxygen atoms in total. The fraction of sp³-hybridized carbons (Fsp3) is 0.417.